The first-order valence-electron chi connectivity index (χ1n) is 8.57. The number of para-hydroxylation sites is 1. The van der Waals surface area contributed by atoms with Gasteiger partial charge in [0.2, 0.25) is 11.8 Å². The van der Waals surface area contributed by atoms with Crippen LogP contribution in [0.15, 0.2) is 70.2 Å². The first kappa shape index (κ1) is 18.7. The Hall–Kier alpha value is -3.04. The zero-order valence-electron chi connectivity index (χ0n) is 14.9. The van der Waals surface area contributed by atoms with Gasteiger partial charge in [0, 0.05) is 16.2 Å². The van der Waals surface area contributed by atoms with E-state index in [1.165, 1.54) is 6.26 Å². The van der Waals surface area contributed by atoms with Crippen molar-refractivity contribution in [1.29, 1.82) is 5.26 Å². The maximum atomic E-state index is 12.4. The van der Waals surface area contributed by atoms with Crippen molar-refractivity contribution in [1.82, 2.24) is 4.98 Å². The quantitative estimate of drug-likeness (QED) is 0.600. The van der Waals surface area contributed by atoms with Crippen molar-refractivity contribution in [3.8, 4) is 17.5 Å². The lowest BCUT2D eigenvalue weighted by Gasteiger charge is -2.10. The van der Waals surface area contributed by atoms with Gasteiger partial charge in [0.05, 0.1) is 29.8 Å². The Bertz CT molecular complexity index is 947. The van der Waals surface area contributed by atoms with Gasteiger partial charge in [-0.2, -0.15) is 5.26 Å². The third-order valence-corrected chi connectivity index (χ3v) is 5.12. The molecule has 1 amide bonds. The van der Waals surface area contributed by atoms with Crippen LogP contribution >= 0.6 is 11.8 Å². The summed E-state index contributed by atoms with van der Waals surface area (Å²) < 4.78 is 5.48. The SMILES string of the molecule is C[C@H](C#N)CSc1ccccc1NC(=O)Cc1coc(-c2ccccc2)n1. The zero-order valence-corrected chi connectivity index (χ0v) is 15.7. The fourth-order valence-corrected chi connectivity index (χ4v) is 3.36. The van der Waals surface area contributed by atoms with Crippen LogP contribution in [0.1, 0.15) is 12.6 Å². The molecule has 0 saturated heterocycles. The highest BCUT2D eigenvalue weighted by Gasteiger charge is 2.13. The van der Waals surface area contributed by atoms with Crippen LogP contribution < -0.4 is 5.32 Å². The van der Waals surface area contributed by atoms with Crippen LogP contribution in [0.5, 0.6) is 0 Å². The van der Waals surface area contributed by atoms with Gasteiger partial charge in [-0.15, -0.1) is 11.8 Å². The van der Waals surface area contributed by atoms with Crippen LogP contribution in [-0.4, -0.2) is 16.6 Å². The molecule has 0 aliphatic carbocycles. The number of aromatic nitrogens is 1. The maximum absolute atomic E-state index is 12.4. The van der Waals surface area contributed by atoms with Crippen LogP contribution in [0.25, 0.3) is 11.5 Å². The Balaban J connectivity index is 1.63. The molecule has 0 aliphatic heterocycles. The van der Waals surface area contributed by atoms with Gasteiger partial charge in [0.1, 0.15) is 6.26 Å². The molecular weight excluding hydrogens is 358 g/mol. The number of hydrogen-bond acceptors (Lipinski definition) is 5. The molecule has 136 valence electrons. The van der Waals surface area contributed by atoms with E-state index in [0.717, 1.165) is 16.1 Å². The molecule has 0 aliphatic rings. The van der Waals surface area contributed by atoms with Crippen molar-refractivity contribution < 1.29 is 9.21 Å². The third kappa shape index (κ3) is 5.22. The number of benzene rings is 2. The molecule has 0 saturated carbocycles. The van der Waals surface area contributed by atoms with E-state index in [9.17, 15) is 4.79 Å². The Labute approximate surface area is 162 Å². The van der Waals surface area contributed by atoms with E-state index in [4.69, 9.17) is 9.68 Å². The highest BCUT2D eigenvalue weighted by molar-refractivity contribution is 7.99. The Morgan fingerprint density at radius 2 is 1.96 bits per heavy atom. The summed E-state index contributed by atoms with van der Waals surface area (Å²) in [5.74, 6) is 0.960. The maximum Gasteiger partial charge on any atom is 0.230 e. The van der Waals surface area contributed by atoms with Crippen LogP contribution in [0, 0.1) is 17.2 Å². The molecule has 0 spiro atoms. The summed E-state index contributed by atoms with van der Waals surface area (Å²) in [4.78, 5) is 17.7. The van der Waals surface area contributed by atoms with Crippen LogP contribution in [0.4, 0.5) is 5.69 Å². The molecule has 1 N–H and O–H groups in total. The van der Waals surface area contributed by atoms with Crippen LogP contribution in [0.2, 0.25) is 0 Å². The lowest BCUT2D eigenvalue weighted by Crippen LogP contribution is -2.15. The van der Waals surface area contributed by atoms with E-state index in [1.807, 2.05) is 61.5 Å². The molecule has 0 bridgehead atoms. The lowest BCUT2D eigenvalue weighted by molar-refractivity contribution is -0.115. The number of thioether (sulfide) groups is 1. The molecule has 0 unspecified atom stereocenters. The Morgan fingerprint density at radius 3 is 2.74 bits per heavy atom. The van der Waals surface area contributed by atoms with Gasteiger partial charge in [-0.25, -0.2) is 4.98 Å². The van der Waals surface area contributed by atoms with Crippen molar-refractivity contribution in [3.63, 3.8) is 0 Å². The first-order chi connectivity index (χ1) is 13.2. The fourth-order valence-electron chi connectivity index (χ4n) is 2.41. The number of carbonyl (C=O) groups is 1. The Kier molecular flexibility index (Phi) is 6.29. The minimum Gasteiger partial charge on any atom is -0.444 e. The summed E-state index contributed by atoms with van der Waals surface area (Å²) in [6.07, 6.45) is 1.64. The number of amides is 1. The molecule has 1 atom stereocenters. The number of rotatable bonds is 7. The van der Waals surface area contributed by atoms with E-state index < -0.39 is 0 Å². The molecule has 0 radical (unpaired) electrons. The second-order valence-electron chi connectivity index (χ2n) is 6.07. The van der Waals surface area contributed by atoms with Crippen molar-refractivity contribution in [2.75, 3.05) is 11.1 Å². The molecule has 3 rings (SSSR count). The van der Waals surface area contributed by atoms with Crippen LogP contribution in [0.3, 0.4) is 0 Å². The third-order valence-electron chi connectivity index (χ3n) is 3.78. The van der Waals surface area contributed by atoms with Gasteiger partial charge in [-0.05, 0) is 31.2 Å². The van der Waals surface area contributed by atoms with E-state index in [-0.39, 0.29) is 18.2 Å². The largest absolute Gasteiger partial charge is 0.444 e. The monoisotopic (exact) mass is 377 g/mol. The van der Waals surface area contributed by atoms with E-state index >= 15 is 0 Å². The Morgan fingerprint density at radius 1 is 1.22 bits per heavy atom. The van der Waals surface area contributed by atoms with E-state index in [1.54, 1.807) is 11.8 Å². The standard InChI is InChI=1S/C21H19N3O2S/c1-15(12-22)14-27-19-10-6-5-9-18(19)24-20(25)11-17-13-26-21(23-17)16-7-3-2-4-8-16/h2-10,13,15H,11,14H2,1H3,(H,24,25)/t15-/m1/s1. The van der Waals surface area contributed by atoms with Gasteiger partial charge >= 0.3 is 0 Å². The molecular formula is C21H19N3O2S. The smallest absolute Gasteiger partial charge is 0.230 e. The highest BCUT2D eigenvalue weighted by atomic mass is 32.2. The average Bonchev–Trinajstić information content (AvgIpc) is 3.16. The second kappa shape index (κ2) is 9.06. The lowest BCUT2D eigenvalue weighted by atomic mass is 10.2. The van der Waals surface area contributed by atoms with Gasteiger partial charge in [0.15, 0.2) is 0 Å². The summed E-state index contributed by atoms with van der Waals surface area (Å²) in [5, 5.41) is 11.9. The highest BCUT2D eigenvalue weighted by Crippen LogP contribution is 2.28. The van der Waals surface area contributed by atoms with Crippen LogP contribution in [-0.2, 0) is 11.2 Å². The summed E-state index contributed by atoms with van der Waals surface area (Å²) in [5.41, 5.74) is 2.19. The molecule has 1 aromatic heterocycles. The van der Waals surface area contributed by atoms with Crippen molar-refractivity contribution >= 4 is 23.4 Å². The predicted octanol–water partition coefficient (Wildman–Crippen LogP) is 4.77. The number of nitrogens with zero attached hydrogens (tertiary/aromatic N) is 2. The minimum absolute atomic E-state index is 0.0507. The number of oxazole rings is 1. The van der Waals surface area contributed by atoms with E-state index in [0.29, 0.717) is 17.3 Å². The minimum atomic E-state index is -0.163. The second-order valence-corrected chi connectivity index (χ2v) is 7.13. The van der Waals surface area contributed by atoms with Crippen molar-refractivity contribution in [2.45, 2.75) is 18.2 Å². The number of hydrogen-bond donors (Lipinski definition) is 1. The average molecular weight is 377 g/mol. The van der Waals surface area contributed by atoms with Gasteiger partial charge in [0.25, 0.3) is 0 Å². The molecule has 6 heteroatoms. The van der Waals surface area contributed by atoms with E-state index in [2.05, 4.69) is 16.4 Å². The van der Waals surface area contributed by atoms with Gasteiger partial charge in [-0.3, -0.25) is 4.79 Å². The molecule has 2 aromatic carbocycles. The number of nitriles is 1. The first-order valence-corrected chi connectivity index (χ1v) is 9.55. The molecule has 5 nitrogen and oxygen atoms in total. The molecule has 27 heavy (non-hydrogen) atoms. The number of nitrogens with one attached hydrogen (secondary N) is 1. The topological polar surface area (TPSA) is 78.9 Å². The van der Waals surface area contributed by atoms with Crippen molar-refractivity contribution in [2.24, 2.45) is 5.92 Å². The number of carbonyl (C=O) groups excluding carboxylic acids is 1. The predicted molar refractivity (Wildman–Crippen MR) is 106 cm³/mol. The summed E-state index contributed by atoms with van der Waals surface area (Å²) in [6, 6.07) is 19.4. The van der Waals surface area contributed by atoms with Gasteiger partial charge < -0.3 is 9.73 Å². The summed E-state index contributed by atoms with van der Waals surface area (Å²) in [7, 11) is 0. The normalized spacial score (nSPS) is 11.6. The van der Waals surface area contributed by atoms with Gasteiger partial charge in [-0.1, -0.05) is 30.3 Å². The number of anilines is 1. The summed E-state index contributed by atoms with van der Waals surface area (Å²) in [6.45, 7) is 1.88. The van der Waals surface area contributed by atoms with Crippen molar-refractivity contribution in [3.05, 3.63) is 66.6 Å². The molecule has 1 heterocycles. The summed E-state index contributed by atoms with van der Waals surface area (Å²) >= 11 is 1.56. The molecule has 0 fully saturated rings. The fraction of sp³-hybridized carbons (Fsp3) is 0.190. The molecule has 3 aromatic rings. The zero-order chi connectivity index (χ0) is 19.1.